The van der Waals surface area contributed by atoms with Crippen molar-refractivity contribution >= 4 is 23.2 Å². The van der Waals surface area contributed by atoms with E-state index in [0.29, 0.717) is 35.3 Å². The number of carbonyl (C=O) groups is 1. The highest BCUT2D eigenvalue weighted by molar-refractivity contribution is 7.80. The van der Waals surface area contributed by atoms with Gasteiger partial charge in [-0.15, -0.1) is 0 Å². The number of thiocarbonyl (C=S) groups is 1. The first-order valence-electron chi connectivity index (χ1n) is 7.27. The summed E-state index contributed by atoms with van der Waals surface area (Å²) in [5.41, 5.74) is 5.64. The van der Waals surface area contributed by atoms with Crippen LogP contribution in [-0.2, 0) is 0 Å². The maximum Gasteiger partial charge on any atom is 0.269 e. The molecule has 0 spiro atoms. The van der Waals surface area contributed by atoms with E-state index >= 15 is 0 Å². The monoisotopic (exact) mass is 340 g/mol. The van der Waals surface area contributed by atoms with Crippen LogP contribution in [0, 0.1) is 0 Å². The highest BCUT2D eigenvalue weighted by Gasteiger charge is 2.11. The molecule has 1 rings (SSSR count). The average Bonchev–Trinajstić information content (AvgIpc) is 2.52. The second-order valence-electron chi connectivity index (χ2n) is 4.94. The number of nitrogens with one attached hydrogen (secondary N) is 3. The molecule has 1 aromatic rings. The first-order chi connectivity index (χ1) is 11.0. The second kappa shape index (κ2) is 9.86. The molecule has 0 aliphatic heterocycles. The zero-order valence-electron chi connectivity index (χ0n) is 13.9. The Morgan fingerprint density at radius 3 is 2.61 bits per heavy atom. The summed E-state index contributed by atoms with van der Waals surface area (Å²) in [4.78, 5) is 14.1. The zero-order valence-corrected chi connectivity index (χ0v) is 14.8. The Labute approximate surface area is 142 Å². The summed E-state index contributed by atoms with van der Waals surface area (Å²) in [5.74, 6) is 0.787. The van der Waals surface area contributed by atoms with Crippen molar-refractivity contribution in [3.05, 3.63) is 23.8 Å². The molecule has 0 aromatic heterocycles. The van der Waals surface area contributed by atoms with Gasteiger partial charge < -0.3 is 19.7 Å². The van der Waals surface area contributed by atoms with Gasteiger partial charge in [-0.3, -0.25) is 15.6 Å². The molecule has 128 valence electrons. The first kappa shape index (κ1) is 19.0. The fraction of sp³-hybridized carbons (Fsp3) is 0.467. The lowest BCUT2D eigenvalue weighted by Crippen LogP contribution is -2.47. The van der Waals surface area contributed by atoms with Crippen molar-refractivity contribution in [2.24, 2.45) is 0 Å². The summed E-state index contributed by atoms with van der Waals surface area (Å²) in [6.07, 6.45) is 0. The normalized spacial score (nSPS) is 10.1. The highest BCUT2D eigenvalue weighted by Crippen LogP contribution is 2.27. The number of likely N-dealkylation sites (N-methyl/N-ethyl adjacent to an activating group) is 1. The number of methoxy groups -OCH3 is 1. The summed E-state index contributed by atoms with van der Waals surface area (Å²) in [6.45, 7) is 3.93. The number of rotatable bonds is 7. The van der Waals surface area contributed by atoms with E-state index < -0.39 is 0 Å². The highest BCUT2D eigenvalue weighted by atomic mass is 32.1. The van der Waals surface area contributed by atoms with Gasteiger partial charge in [0, 0.05) is 18.7 Å². The van der Waals surface area contributed by atoms with Gasteiger partial charge in [0.15, 0.2) is 16.6 Å². The summed E-state index contributed by atoms with van der Waals surface area (Å²) >= 11 is 5.08. The van der Waals surface area contributed by atoms with Crippen molar-refractivity contribution in [2.75, 3.05) is 40.9 Å². The van der Waals surface area contributed by atoms with Gasteiger partial charge in [-0.25, -0.2) is 0 Å². The van der Waals surface area contributed by atoms with Crippen LogP contribution in [0.4, 0.5) is 0 Å². The van der Waals surface area contributed by atoms with E-state index in [0.717, 1.165) is 6.54 Å². The Balaban J connectivity index is 2.53. The number of ether oxygens (including phenoxy) is 2. The van der Waals surface area contributed by atoms with Gasteiger partial charge in [0.05, 0.1) is 13.7 Å². The van der Waals surface area contributed by atoms with Crippen molar-refractivity contribution in [1.29, 1.82) is 0 Å². The number of nitrogens with zero attached hydrogens (tertiary/aromatic N) is 1. The van der Waals surface area contributed by atoms with Crippen molar-refractivity contribution < 1.29 is 14.3 Å². The lowest BCUT2D eigenvalue weighted by molar-refractivity contribution is 0.0943. The fourth-order valence-corrected chi connectivity index (χ4v) is 1.86. The standard InChI is InChI=1S/C15H24N4O3S/c1-5-22-12-7-6-11(10-13(12)21-4)14(20)17-18-15(23)16-8-9-19(2)3/h6-7,10H,5,8-9H2,1-4H3,(H,17,20)(H2,16,18,23). The maximum absolute atomic E-state index is 12.1. The predicted molar refractivity (Wildman–Crippen MR) is 93.9 cm³/mol. The molecule has 0 aliphatic carbocycles. The summed E-state index contributed by atoms with van der Waals surface area (Å²) in [7, 11) is 5.47. The van der Waals surface area contributed by atoms with E-state index in [-0.39, 0.29) is 5.91 Å². The van der Waals surface area contributed by atoms with E-state index in [2.05, 4.69) is 16.2 Å². The molecule has 0 aliphatic rings. The van der Waals surface area contributed by atoms with Gasteiger partial charge in [-0.2, -0.15) is 0 Å². The number of benzene rings is 1. The van der Waals surface area contributed by atoms with E-state index in [9.17, 15) is 4.79 Å². The van der Waals surface area contributed by atoms with Crippen molar-refractivity contribution in [1.82, 2.24) is 21.1 Å². The molecule has 0 saturated heterocycles. The number of hydrogen-bond donors (Lipinski definition) is 3. The molecule has 3 N–H and O–H groups in total. The van der Waals surface area contributed by atoms with E-state index in [1.165, 1.54) is 7.11 Å². The van der Waals surface area contributed by atoms with Crippen LogP contribution in [-0.4, -0.2) is 56.8 Å². The Morgan fingerprint density at radius 2 is 2.00 bits per heavy atom. The molecule has 0 bridgehead atoms. The third kappa shape index (κ3) is 6.70. The van der Waals surface area contributed by atoms with Gasteiger partial charge in [0.1, 0.15) is 0 Å². The molecular formula is C15H24N4O3S. The first-order valence-corrected chi connectivity index (χ1v) is 7.68. The molecule has 0 atom stereocenters. The maximum atomic E-state index is 12.1. The molecule has 7 nitrogen and oxygen atoms in total. The molecule has 8 heteroatoms. The van der Waals surface area contributed by atoms with Crippen LogP contribution in [0.5, 0.6) is 11.5 Å². The largest absolute Gasteiger partial charge is 0.493 e. The van der Waals surface area contributed by atoms with Gasteiger partial charge in [0.2, 0.25) is 0 Å². The molecule has 0 unspecified atom stereocenters. The van der Waals surface area contributed by atoms with E-state index in [1.54, 1.807) is 18.2 Å². The topological polar surface area (TPSA) is 74.9 Å². The van der Waals surface area contributed by atoms with Crippen LogP contribution >= 0.6 is 12.2 Å². The second-order valence-corrected chi connectivity index (χ2v) is 5.35. The van der Waals surface area contributed by atoms with Gasteiger partial charge >= 0.3 is 0 Å². The minimum Gasteiger partial charge on any atom is -0.493 e. The van der Waals surface area contributed by atoms with Crippen LogP contribution in [0.3, 0.4) is 0 Å². The molecule has 0 heterocycles. The molecule has 0 saturated carbocycles. The van der Waals surface area contributed by atoms with Gasteiger partial charge in [-0.05, 0) is 51.4 Å². The Hall–Kier alpha value is -2.06. The van der Waals surface area contributed by atoms with Crippen molar-refractivity contribution in [2.45, 2.75) is 6.92 Å². The molecule has 1 amide bonds. The summed E-state index contributed by atoms with van der Waals surface area (Å²) in [5, 5.41) is 3.35. The van der Waals surface area contributed by atoms with E-state index in [4.69, 9.17) is 21.7 Å². The molecular weight excluding hydrogens is 316 g/mol. The summed E-state index contributed by atoms with van der Waals surface area (Å²) < 4.78 is 10.6. The molecule has 1 aromatic carbocycles. The van der Waals surface area contributed by atoms with Crippen LogP contribution in [0.1, 0.15) is 17.3 Å². The fourth-order valence-electron chi connectivity index (χ4n) is 1.71. The minimum atomic E-state index is -0.317. The van der Waals surface area contributed by atoms with Crippen LogP contribution < -0.4 is 25.6 Å². The number of hydrazine groups is 1. The molecule has 0 fully saturated rings. The lowest BCUT2D eigenvalue weighted by Gasteiger charge is -2.14. The Bertz CT molecular complexity index is 537. The smallest absolute Gasteiger partial charge is 0.269 e. The predicted octanol–water partition coefficient (Wildman–Crippen LogP) is 0.764. The summed E-state index contributed by atoms with van der Waals surface area (Å²) in [6, 6.07) is 4.97. The molecule has 0 radical (unpaired) electrons. The molecule has 23 heavy (non-hydrogen) atoms. The number of carbonyl (C=O) groups excluding carboxylic acids is 1. The Morgan fingerprint density at radius 1 is 1.26 bits per heavy atom. The van der Waals surface area contributed by atoms with Crippen molar-refractivity contribution in [3.63, 3.8) is 0 Å². The van der Waals surface area contributed by atoms with E-state index in [1.807, 2.05) is 25.9 Å². The van der Waals surface area contributed by atoms with Crippen LogP contribution in [0.25, 0.3) is 0 Å². The zero-order chi connectivity index (χ0) is 17.2. The number of hydrogen-bond acceptors (Lipinski definition) is 5. The SMILES string of the molecule is CCOc1ccc(C(=O)NNC(=S)NCCN(C)C)cc1OC. The van der Waals surface area contributed by atoms with Gasteiger partial charge in [0.25, 0.3) is 5.91 Å². The number of amides is 1. The van der Waals surface area contributed by atoms with Crippen molar-refractivity contribution in [3.8, 4) is 11.5 Å². The van der Waals surface area contributed by atoms with Gasteiger partial charge in [-0.1, -0.05) is 0 Å². The third-order valence-electron chi connectivity index (χ3n) is 2.86. The minimum absolute atomic E-state index is 0.317. The lowest BCUT2D eigenvalue weighted by atomic mass is 10.2. The quantitative estimate of drug-likeness (QED) is 0.500. The average molecular weight is 340 g/mol. The van der Waals surface area contributed by atoms with Crippen LogP contribution in [0.15, 0.2) is 18.2 Å². The third-order valence-corrected chi connectivity index (χ3v) is 3.11. The van der Waals surface area contributed by atoms with Crippen LogP contribution in [0.2, 0.25) is 0 Å². The Kier molecular flexibility index (Phi) is 8.14.